The average Bonchev–Trinajstić information content (AvgIpc) is 3.34. The van der Waals surface area contributed by atoms with Crippen LogP contribution in [0.5, 0.6) is 0 Å². The summed E-state index contributed by atoms with van der Waals surface area (Å²) in [6, 6.07) is 13.8. The van der Waals surface area contributed by atoms with Crippen molar-refractivity contribution in [3.63, 3.8) is 0 Å². The van der Waals surface area contributed by atoms with Gasteiger partial charge in [0.05, 0.1) is 6.21 Å². The van der Waals surface area contributed by atoms with Crippen LogP contribution in [0.4, 0.5) is 0 Å². The Bertz CT molecular complexity index is 1070. The molecule has 1 aromatic carbocycles. The molecule has 0 fully saturated rings. The fourth-order valence-corrected chi connectivity index (χ4v) is 2.95. The molecule has 7 nitrogen and oxygen atoms in total. The minimum absolute atomic E-state index is 0.697. The number of benzene rings is 1. The van der Waals surface area contributed by atoms with Gasteiger partial charge in [0.15, 0.2) is 11.6 Å². The summed E-state index contributed by atoms with van der Waals surface area (Å²) in [5, 5.41) is 16.8. The third-order valence-electron chi connectivity index (χ3n) is 4.20. The van der Waals surface area contributed by atoms with Gasteiger partial charge in [-0.25, -0.2) is 0 Å². The second kappa shape index (κ2) is 6.44. The van der Waals surface area contributed by atoms with Gasteiger partial charge in [-0.3, -0.25) is 4.57 Å². The highest BCUT2D eigenvalue weighted by Gasteiger charge is 2.13. The van der Waals surface area contributed by atoms with Gasteiger partial charge in [-0.15, -0.1) is 10.2 Å². The molecule has 0 saturated heterocycles. The molecule has 0 amide bonds. The van der Waals surface area contributed by atoms with Crippen LogP contribution >= 0.6 is 0 Å². The monoisotopic (exact) mass is 346 g/mol. The van der Waals surface area contributed by atoms with Crippen molar-refractivity contribution in [2.45, 2.75) is 20.8 Å². The van der Waals surface area contributed by atoms with Crippen molar-refractivity contribution >= 4 is 6.21 Å². The van der Waals surface area contributed by atoms with Gasteiger partial charge >= 0.3 is 0 Å². The first-order chi connectivity index (χ1) is 12.6. The molecule has 0 saturated carbocycles. The Labute approximate surface area is 150 Å². The van der Waals surface area contributed by atoms with Crippen LogP contribution in [-0.2, 0) is 0 Å². The molecule has 4 rings (SSSR count). The lowest BCUT2D eigenvalue weighted by Gasteiger charge is -2.04. The number of aryl methyl sites for hydroxylation is 2. The van der Waals surface area contributed by atoms with Crippen LogP contribution < -0.4 is 0 Å². The van der Waals surface area contributed by atoms with Crippen LogP contribution in [0.2, 0.25) is 0 Å². The molecule has 0 aliphatic rings. The third-order valence-corrected chi connectivity index (χ3v) is 4.20. The predicted molar refractivity (Wildman–Crippen MR) is 98.5 cm³/mol. The van der Waals surface area contributed by atoms with Crippen LogP contribution in [0.3, 0.4) is 0 Å². The van der Waals surface area contributed by atoms with Gasteiger partial charge in [0.2, 0.25) is 0 Å². The molecular formula is C19H18N6O. The maximum atomic E-state index is 5.20. The summed E-state index contributed by atoms with van der Waals surface area (Å²) in [7, 11) is 0. The van der Waals surface area contributed by atoms with Crippen molar-refractivity contribution in [1.82, 2.24) is 24.6 Å². The van der Waals surface area contributed by atoms with Crippen molar-refractivity contribution in [2.24, 2.45) is 5.10 Å². The van der Waals surface area contributed by atoms with Gasteiger partial charge in [-0.2, -0.15) is 9.78 Å². The third kappa shape index (κ3) is 2.83. The molecule has 3 aromatic heterocycles. The largest absolute Gasteiger partial charge is 0.360 e. The molecule has 4 aromatic rings. The molecule has 0 radical (unpaired) electrons. The highest BCUT2D eigenvalue weighted by Crippen LogP contribution is 2.20. The van der Waals surface area contributed by atoms with Gasteiger partial charge in [0, 0.05) is 28.6 Å². The SMILES string of the molecule is Cc1cc(-n2c(C)cc(/C=N\n3cnnc3-c3ccccc3)c2C)no1. The zero-order valence-corrected chi connectivity index (χ0v) is 14.8. The first-order valence-electron chi connectivity index (χ1n) is 8.26. The summed E-state index contributed by atoms with van der Waals surface area (Å²) < 4.78 is 8.91. The second-order valence-electron chi connectivity index (χ2n) is 6.07. The van der Waals surface area contributed by atoms with E-state index >= 15 is 0 Å². The molecule has 0 aliphatic heterocycles. The summed E-state index contributed by atoms with van der Waals surface area (Å²) in [4.78, 5) is 0. The van der Waals surface area contributed by atoms with E-state index in [2.05, 4.69) is 26.5 Å². The van der Waals surface area contributed by atoms with E-state index in [0.717, 1.165) is 34.1 Å². The van der Waals surface area contributed by atoms with E-state index in [1.54, 1.807) is 11.0 Å². The van der Waals surface area contributed by atoms with E-state index in [1.165, 1.54) is 0 Å². The first-order valence-corrected chi connectivity index (χ1v) is 8.26. The van der Waals surface area contributed by atoms with E-state index in [1.807, 2.05) is 68.0 Å². The van der Waals surface area contributed by atoms with E-state index in [9.17, 15) is 0 Å². The number of hydrogen-bond donors (Lipinski definition) is 0. The zero-order chi connectivity index (χ0) is 18.1. The lowest BCUT2D eigenvalue weighted by molar-refractivity contribution is 0.394. The number of aromatic nitrogens is 5. The Hall–Kier alpha value is -3.48. The second-order valence-corrected chi connectivity index (χ2v) is 6.07. The maximum Gasteiger partial charge on any atom is 0.184 e. The zero-order valence-electron chi connectivity index (χ0n) is 14.8. The highest BCUT2D eigenvalue weighted by molar-refractivity contribution is 5.82. The van der Waals surface area contributed by atoms with Crippen LogP contribution in [0.25, 0.3) is 17.2 Å². The Morgan fingerprint density at radius 2 is 1.88 bits per heavy atom. The van der Waals surface area contributed by atoms with Crippen molar-refractivity contribution in [2.75, 3.05) is 0 Å². The molecule has 0 atom stereocenters. The molecule has 26 heavy (non-hydrogen) atoms. The molecule has 130 valence electrons. The van der Waals surface area contributed by atoms with E-state index < -0.39 is 0 Å². The molecule has 0 N–H and O–H groups in total. The lowest BCUT2D eigenvalue weighted by atomic mass is 10.2. The van der Waals surface area contributed by atoms with E-state index in [-0.39, 0.29) is 0 Å². The number of nitrogens with zero attached hydrogens (tertiary/aromatic N) is 6. The number of rotatable bonds is 4. The van der Waals surface area contributed by atoms with Crippen LogP contribution in [0.1, 0.15) is 22.7 Å². The molecule has 0 unspecified atom stereocenters. The molecule has 0 bridgehead atoms. The number of hydrogen-bond acceptors (Lipinski definition) is 5. The van der Waals surface area contributed by atoms with E-state index in [4.69, 9.17) is 4.52 Å². The average molecular weight is 346 g/mol. The van der Waals surface area contributed by atoms with Gasteiger partial charge in [-0.05, 0) is 26.8 Å². The highest BCUT2D eigenvalue weighted by atomic mass is 16.5. The summed E-state index contributed by atoms with van der Waals surface area (Å²) in [6.45, 7) is 5.94. The fourth-order valence-electron chi connectivity index (χ4n) is 2.95. The molecule has 7 heteroatoms. The summed E-state index contributed by atoms with van der Waals surface area (Å²) in [6.07, 6.45) is 3.40. The normalized spacial score (nSPS) is 11.5. The minimum Gasteiger partial charge on any atom is -0.360 e. The topological polar surface area (TPSA) is 74.0 Å². The molecule has 0 spiro atoms. The van der Waals surface area contributed by atoms with Gasteiger partial charge in [-0.1, -0.05) is 35.5 Å². The molecular weight excluding hydrogens is 328 g/mol. The van der Waals surface area contributed by atoms with Crippen molar-refractivity contribution in [1.29, 1.82) is 0 Å². The van der Waals surface area contributed by atoms with Gasteiger partial charge in [0.25, 0.3) is 0 Å². The summed E-state index contributed by atoms with van der Waals surface area (Å²) >= 11 is 0. The fraction of sp³-hybridized carbons (Fsp3) is 0.158. The standard InChI is InChI=1S/C19H18N6O/c1-13-9-17(15(3)25(13)18-10-14(2)26-23-18)11-21-24-12-20-22-19(24)16-7-5-4-6-8-16/h4-12H,1-3H3/b21-11-. The van der Waals surface area contributed by atoms with Crippen LogP contribution in [0.15, 0.2) is 58.4 Å². The van der Waals surface area contributed by atoms with Crippen LogP contribution in [0, 0.1) is 20.8 Å². The molecule has 0 aliphatic carbocycles. The lowest BCUT2D eigenvalue weighted by Crippen LogP contribution is -2.00. The van der Waals surface area contributed by atoms with E-state index in [0.29, 0.717) is 5.82 Å². The maximum absolute atomic E-state index is 5.20. The smallest absolute Gasteiger partial charge is 0.184 e. The first kappa shape index (κ1) is 16.0. The van der Waals surface area contributed by atoms with Gasteiger partial charge < -0.3 is 4.52 Å². The van der Waals surface area contributed by atoms with Crippen molar-refractivity contribution in [3.05, 3.63) is 71.5 Å². The Morgan fingerprint density at radius 3 is 2.62 bits per heavy atom. The van der Waals surface area contributed by atoms with Gasteiger partial charge in [0.1, 0.15) is 12.1 Å². The quantitative estimate of drug-likeness (QED) is 0.530. The Kier molecular flexibility index (Phi) is 3.96. The molecule has 3 heterocycles. The van der Waals surface area contributed by atoms with Crippen molar-refractivity contribution < 1.29 is 4.52 Å². The minimum atomic E-state index is 0.697. The Morgan fingerprint density at radius 1 is 1.08 bits per heavy atom. The van der Waals surface area contributed by atoms with Crippen molar-refractivity contribution in [3.8, 4) is 17.2 Å². The Balaban J connectivity index is 1.68. The predicted octanol–water partition coefficient (Wildman–Crippen LogP) is 3.53. The van der Waals surface area contributed by atoms with Crippen LogP contribution in [-0.4, -0.2) is 30.8 Å². The summed E-state index contributed by atoms with van der Waals surface area (Å²) in [5.41, 5.74) is 4.06. The summed E-state index contributed by atoms with van der Waals surface area (Å²) in [5.74, 6) is 2.24.